The first kappa shape index (κ1) is 15.5. The second kappa shape index (κ2) is 5.85. The second-order valence-corrected chi connectivity index (χ2v) is 6.39. The van der Waals surface area contributed by atoms with Crippen LogP contribution in [0.25, 0.3) is 0 Å². The van der Waals surface area contributed by atoms with Crippen molar-refractivity contribution in [2.45, 2.75) is 25.4 Å². The van der Waals surface area contributed by atoms with Crippen molar-refractivity contribution in [2.24, 2.45) is 0 Å². The molecule has 0 saturated carbocycles. The van der Waals surface area contributed by atoms with Gasteiger partial charge in [0.15, 0.2) is 5.03 Å². The highest BCUT2D eigenvalue weighted by atomic mass is 35.5. The van der Waals surface area contributed by atoms with E-state index in [1.807, 2.05) is 6.07 Å². The van der Waals surface area contributed by atoms with E-state index in [1.54, 1.807) is 26.0 Å². The Morgan fingerprint density at radius 3 is 2.76 bits per heavy atom. The third kappa shape index (κ3) is 3.08. The van der Waals surface area contributed by atoms with Gasteiger partial charge in [-0.1, -0.05) is 11.6 Å². The molecule has 0 fully saturated rings. The van der Waals surface area contributed by atoms with Gasteiger partial charge in [-0.05, 0) is 31.5 Å². The van der Waals surface area contributed by atoms with Gasteiger partial charge in [0.2, 0.25) is 0 Å². The van der Waals surface area contributed by atoms with Gasteiger partial charge in [-0.2, -0.15) is 5.26 Å². The van der Waals surface area contributed by atoms with Crippen LogP contribution < -0.4 is 4.72 Å². The number of aryl methyl sites for hydroxylation is 1. The van der Waals surface area contributed by atoms with E-state index in [1.165, 1.54) is 6.26 Å². The molecular formula is C13H12ClN3O3S. The van der Waals surface area contributed by atoms with Crippen molar-refractivity contribution in [1.82, 2.24) is 9.71 Å². The van der Waals surface area contributed by atoms with Crippen LogP contribution in [-0.2, 0) is 16.6 Å². The fraction of sp³-hybridized carbons (Fsp3) is 0.231. The molecule has 110 valence electrons. The molecule has 0 unspecified atom stereocenters. The number of pyridine rings is 1. The number of hydrogen-bond donors (Lipinski definition) is 1. The lowest BCUT2D eigenvalue weighted by Crippen LogP contribution is -2.25. The lowest BCUT2D eigenvalue weighted by Gasteiger charge is -2.11. The van der Waals surface area contributed by atoms with E-state index in [0.717, 1.165) is 0 Å². The van der Waals surface area contributed by atoms with Crippen LogP contribution in [0.3, 0.4) is 0 Å². The molecule has 0 bridgehead atoms. The molecule has 1 N–H and O–H groups in total. The fourth-order valence-electron chi connectivity index (χ4n) is 1.77. The number of nitriles is 1. The summed E-state index contributed by atoms with van der Waals surface area (Å²) in [5.41, 5.74) is 0.689. The Kier molecular flexibility index (Phi) is 4.32. The predicted octanol–water partition coefficient (Wildman–Crippen LogP) is 2.30. The van der Waals surface area contributed by atoms with Crippen molar-refractivity contribution in [1.29, 1.82) is 5.26 Å². The molecule has 8 heteroatoms. The SMILES string of the molecule is Cc1nc(S(=O)(=O)NCc2ccco2)c(C#N)c(C)c1Cl. The predicted molar refractivity (Wildman–Crippen MR) is 76.2 cm³/mol. The van der Waals surface area contributed by atoms with E-state index in [4.69, 9.17) is 16.0 Å². The summed E-state index contributed by atoms with van der Waals surface area (Å²) >= 11 is 6.00. The van der Waals surface area contributed by atoms with Crippen molar-refractivity contribution < 1.29 is 12.8 Å². The van der Waals surface area contributed by atoms with Crippen molar-refractivity contribution >= 4 is 21.6 Å². The van der Waals surface area contributed by atoms with Gasteiger partial charge < -0.3 is 4.42 Å². The third-order valence-corrected chi connectivity index (χ3v) is 4.77. The molecule has 0 aromatic carbocycles. The summed E-state index contributed by atoms with van der Waals surface area (Å²) < 4.78 is 32.0. The largest absolute Gasteiger partial charge is 0.468 e. The molecule has 21 heavy (non-hydrogen) atoms. The van der Waals surface area contributed by atoms with Crippen molar-refractivity contribution in [2.75, 3.05) is 0 Å². The maximum absolute atomic E-state index is 12.3. The summed E-state index contributed by atoms with van der Waals surface area (Å²) in [4.78, 5) is 3.94. The van der Waals surface area contributed by atoms with E-state index < -0.39 is 10.0 Å². The highest BCUT2D eigenvalue weighted by Gasteiger charge is 2.24. The maximum Gasteiger partial charge on any atom is 0.259 e. The molecule has 0 aliphatic carbocycles. The number of aromatic nitrogens is 1. The zero-order valence-corrected chi connectivity index (χ0v) is 12.9. The summed E-state index contributed by atoms with van der Waals surface area (Å²) in [7, 11) is -3.94. The zero-order chi connectivity index (χ0) is 15.6. The van der Waals surface area contributed by atoms with Gasteiger partial charge >= 0.3 is 0 Å². The van der Waals surface area contributed by atoms with E-state index in [9.17, 15) is 13.7 Å². The van der Waals surface area contributed by atoms with Gasteiger partial charge in [0.05, 0.1) is 29.1 Å². The molecule has 2 heterocycles. The van der Waals surface area contributed by atoms with Gasteiger partial charge in [0.25, 0.3) is 10.0 Å². The van der Waals surface area contributed by atoms with E-state index in [0.29, 0.717) is 17.0 Å². The summed E-state index contributed by atoms with van der Waals surface area (Å²) in [5, 5.41) is 9.14. The number of nitrogens with zero attached hydrogens (tertiary/aromatic N) is 2. The van der Waals surface area contributed by atoms with Crippen LogP contribution in [0.15, 0.2) is 27.8 Å². The average molecular weight is 326 g/mol. The number of rotatable bonds is 4. The van der Waals surface area contributed by atoms with E-state index >= 15 is 0 Å². The van der Waals surface area contributed by atoms with Crippen LogP contribution in [-0.4, -0.2) is 13.4 Å². The lowest BCUT2D eigenvalue weighted by molar-refractivity contribution is 0.498. The molecule has 0 spiro atoms. The summed E-state index contributed by atoms with van der Waals surface area (Å²) in [5.74, 6) is 0.458. The molecule has 2 rings (SSSR count). The van der Waals surface area contributed by atoms with Crippen LogP contribution in [0.5, 0.6) is 0 Å². The molecule has 0 atom stereocenters. The molecule has 2 aromatic heterocycles. The van der Waals surface area contributed by atoms with Crippen LogP contribution in [0.4, 0.5) is 0 Å². The Hall–Kier alpha value is -1.88. The van der Waals surface area contributed by atoms with Crippen LogP contribution in [0.2, 0.25) is 5.02 Å². The lowest BCUT2D eigenvalue weighted by atomic mass is 10.1. The standard InChI is InChI=1S/C13H12ClN3O3S/c1-8-11(6-15)13(17-9(2)12(8)14)21(18,19)16-7-10-4-3-5-20-10/h3-5,16H,7H2,1-2H3. The van der Waals surface area contributed by atoms with Crippen molar-refractivity contribution in [3.63, 3.8) is 0 Å². The second-order valence-electron chi connectivity index (χ2n) is 4.33. The fourth-order valence-corrected chi connectivity index (χ4v) is 3.10. The first-order chi connectivity index (χ1) is 9.86. The minimum absolute atomic E-state index is 0.0252. The average Bonchev–Trinajstić information content (AvgIpc) is 2.95. The van der Waals surface area contributed by atoms with Crippen molar-refractivity contribution in [3.8, 4) is 6.07 Å². The molecule has 0 amide bonds. The first-order valence-electron chi connectivity index (χ1n) is 5.95. The topological polar surface area (TPSA) is 96.0 Å². The summed E-state index contributed by atoms with van der Waals surface area (Å²) in [6.07, 6.45) is 1.44. The highest BCUT2D eigenvalue weighted by molar-refractivity contribution is 7.89. The number of hydrogen-bond acceptors (Lipinski definition) is 5. The van der Waals surface area contributed by atoms with Gasteiger partial charge in [-0.25, -0.2) is 18.1 Å². The third-order valence-electron chi connectivity index (χ3n) is 2.89. The van der Waals surface area contributed by atoms with Crippen molar-refractivity contribution in [3.05, 3.63) is 46.0 Å². The molecule has 6 nitrogen and oxygen atoms in total. The number of furan rings is 1. The van der Waals surface area contributed by atoms with Crippen LogP contribution in [0.1, 0.15) is 22.6 Å². The number of sulfonamides is 1. The van der Waals surface area contributed by atoms with Gasteiger partial charge in [-0.3, -0.25) is 0 Å². The summed E-state index contributed by atoms with van der Waals surface area (Å²) in [6.45, 7) is 3.14. The number of nitrogens with one attached hydrogen (secondary N) is 1. The van der Waals surface area contributed by atoms with Gasteiger partial charge in [0, 0.05) is 0 Å². The minimum Gasteiger partial charge on any atom is -0.468 e. The minimum atomic E-state index is -3.94. The molecule has 0 aliphatic heterocycles. The summed E-state index contributed by atoms with van der Waals surface area (Å²) in [6, 6.07) is 5.13. The Balaban J connectivity index is 2.43. The molecule has 0 saturated heterocycles. The monoisotopic (exact) mass is 325 g/mol. The van der Waals surface area contributed by atoms with Gasteiger partial charge in [-0.15, -0.1) is 0 Å². The molecular weight excluding hydrogens is 314 g/mol. The normalized spacial score (nSPS) is 11.3. The Bertz CT molecular complexity index is 808. The quantitative estimate of drug-likeness (QED) is 0.930. The number of halogens is 1. The Labute approximate surface area is 127 Å². The van der Waals surface area contributed by atoms with E-state index in [-0.39, 0.29) is 22.2 Å². The Morgan fingerprint density at radius 2 is 2.19 bits per heavy atom. The molecule has 0 radical (unpaired) electrons. The molecule has 2 aromatic rings. The smallest absolute Gasteiger partial charge is 0.259 e. The Morgan fingerprint density at radius 1 is 1.48 bits per heavy atom. The highest BCUT2D eigenvalue weighted by Crippen LogP contribution is 2.26. The zero-order valence-electron chi connectivity index (χ0n) is 11.3. The van der Waals surface area contributed by atoms with Crippen LogP contribution >= 0.6 is 11.6 Å². The van der Waals surface area contributed by atoms with Crippen LogP contribution in [0, 0.1) is 25.2 Å². The first-order valence-corrected chi connectivity index (χ1v) is 7.81. The maximum atomic E-state index is 12.3. The molecule has 0 aliphatic rings. The van der Waals surface area contributed by atoms with Gasteiger partial charge in [0.1, 0.15) is 11.8 Å². The van der Waals surface area contributed by atoms with E-state index in [2.05, 4.69) is 9.71 Å².